The molecule has 11 heteroatoms. The highest BCUT2D eigenvalue weighted by Crippen LogP contribution is 2.30. The van der Waals surface area contributed by atoms with Crippen molar-refractivity contribution in [1.29, 1.82) is 0 Å². The van der Waals surface area contributed by atoms with Crippen LogP contribution >= 0.6 is 11.3 Å². The first kappa shape index (κ1) is 32.9. The van der Waals surface area contributed by atoms with Gasteiger partial charge in [0.25, 0.3) is 11.8 Å². The van der Waals surface area contributed by atoms with E-state index in [1.807, 2.05) is 42.5 Å². The van der Waals surface area contributed by atoms with E-state index >= 15 is 0 Å². The van der Waals surface area contributed by atoms with Gasteiger partial charge in [0.15, 0.2) is 6.61 Å². The standard InChI is InChI=1S/C33H41N3O7S/c1-3-42-32(40)33(15-19-41-2)21-24-11-13-26(14-12-24)43-22-30(38)34-16-7-18-36(17-6-10-29(37)35-23-33)31(39)28-20-25-8-4-5-9-27(25)44-28/h4-5,8-9,11-14,20H,3,6-7,10,15-19,21-23H2,1-2H3,(H,34,38)(H,35,37). The normalized spacial score (nSPS) is 19.1. The summed E-state index contributed by atoms with van der Waals surface area (Å²) in [6, 6.07) is 16.9. The summed E-state index contributed by atoms with van der Waals surface area (Å²) in [5.41, 5.74) is -0.196. The molecule has 3 aromatic rings. The van der Waals surface area contributed by atoms with Gasteiger partial charge in [-0.1, -0.05) is 30.3 Å². The number of thiophene rings is 1. The minimum atomic E-state index is -1.05. The Kier molecular flexibility index (Phi) is 12.1. The smallest absolute Gasteiger partial charge is 0.314 e. The average molecular weight is 624 g/mol. The van der Waals surface area contributed by atoms with E-state index < -0.39 is 11.4 Å². The molecule has 3 heterocycles. The second-order valence-corrected chi connectivity index (χ2v) is 12.0. The monoisotopic (exact) mass is 623 g/mol. The number of methoxy groups -OCH3 is 1. The first-order valence-corrected chi connectivity index (χ1v) is 15.8. The lowest BCUT2D eigenvalue weighted by atomic mass is 9.78. The summed E-state index contributed by atoms with van der Waals surface area (Å²) in [7, 11) is 1.57. The molecule has 2 bridgehead atoms. The molecule has 10 nitrogen and oxygen atoms in total. The van der Waals surface area contributed by atoms with E-state index in [0.29, 0.717) is 62.6 Å². The van der Waals surface area contributed by atoms with Gasteiger partial charge in [-0.2, -0.15) is 0 Å². The van der Waals surface area contributed by atoms with Crippen LogP contribution in [0, 0.1) is 5.41 Å². The summed E-state index contributed by atoms with van der Waals surface area (Å²) in [6.07, 6.45) is 1.83. The minimum Gasteiger partial charge on any atom is -0.484 e. The van der Waals surface area contributed by atoms with Crippen molar-refractivity contribution >= 4 is 45.1 Å². The molecule has 2 N–H and O–H groups in total. The van der Waals surface area contributed by atoms with E-state index in [-0.39, 0.29) is 43.9 Å². The van der Waals surface area contributed by atoms with Gasteiger partial charge >= 0.3 is 5.97 Å². The maximum absolute atomic E-state index is 13.6. The maximum atomic E-state index is 13.6. The van der Waals surface area contributed by atoms with Gasteiger partial charge in [-0.25, -0.2) is 0 Å². The van der Waals surface area contributed by atoms with Crippen LogP contribution in [0.1, 0.15) is 47.8 Å². The van der Waals surface area contributed by atoms with Crippen molar-refractivity contribution in [3.8, 4) is 5.75 Å². The first-order valence-electron chi connectivity index (χ1n) is 15.0. The third-order valence-electron chi connectivity index (χ3n) is 7.64. The molecule has 2 aliphatic rings. The van der Waals surface area contributed by atoms with Gasteiger partial charge in [0.05, 0.1) is 16.9 Å². The Bertz CT molecular complexity index is 1390. The lowest BCUT2D eigenvalue weighted by molar-refractivity contribution is -0.156. The molecule has 2 aromatic carbocycles. The van der Waals surface area contributed by atoms with Gasteiger partial charge in [-0.05, 0) is 67.8 Å². The van der Waals surface area contributed by atoms with E-state index in [1.165, 1.54) is 11.3 Å². The lowest BCUT2D eigenvalue weighted by Crippen LogP contribution is -2.46. The van der Waals surface area contributed by atoms with Gasteiger partial charge in [0, 0.05) is 51.0 Å². The molecule has 1 atom stereocenters. The van der Waals surface area contributed by atoms with E-state index in [2.05, 4.69) is 10.6 Å². The Hall–Kier alpha value is -3.96. The predicted octanol–water partition coefficient (Wildman–Crippen LogP) is 3.97. The molecule has 0 radical (unpaired) electrons. The summed E-state index contributed by atoms with van der Waals surface area (Å²) in [4.78, 5) is 54.8. The number of fused-ring (bicyclic) bond motifs is 18. The fourth-order valence-corrected chi connectivity index (χ4v) is 6.23. The number of ether oxygens (including phenoxy) is 3. The van der Waals surface area contributed by atoms with Gasteiger partial charge < -0.3 is 29.7 Å². The largest absolute Gasteiger partial charge is 0.484 e. The highest BCUT2D eigenvalue weighted by atomic mass is 32.1. The molecule has 0 aliphatic carbocycles. The molecule has 0 saturated heterocycles. The fraction of sp³-hybridized carbons (Fsp3) is 0.455. The summed E-state index contributed by atoms with van der Waals surface area (Å²) in [5, 5.41) is 6.82. The molecular weight excluding hydrogens is 582 g/mol. The number of benzene rings is 2. The van der Waals surface area contributed by atoms with Gasteiger partial charge in [0.2, 0.25) is 5.91 Å². The zero-order chi connectivity index (χ0) is 31.4. The molecule has 0 fully saturated rings. The number of carbonyl (C=O) groups is 4. The molecular formula is C33H41N3O7S. The fourth-order valence-electron chi connectivity index (χ4n) is 5.20. The molecule has 1 aromatic heterocycles. The maximum Gasteiger partial charge on any atom is 0.314 e. The van der Waals surface area contributed by atoms with Crippen molar-refractivity contribution in [2.24, 2.45) is 5.41 Å². The van der Waals surface area contributed by atoms with Crippen LogP contribution in [0.4, 0.5) is 0 Å². The second kappa shape index (κ2) is 16.2. The van der Waals surface area contributed by atoms with Crippen LogP contribution in [-0.2, 0) is 30.3 Å². The average Bonchev–Trinajstić information content (AvgIpc) is 3.47. The Morgan fingerprint density at radius 3 is 2.55 bits per heavy atom. The van der Waals surface area contributed by atoms with Crippen molar-refractivity contribution in [2.75, 3.05) is 53.1 Å². The third-order valence-corrected chi connectivity index (χ3v) is 8.74. The molecule has 5 rings (SSSR count). The van der Waals surface area contributed by atoms with E-state index in [0.717, 1.165) is 15.6 Å². The van der Waals surface area contributed by atoms with Crippen molar-refractivity contribution in [3.05, 3.63) is 65.0 Å². The Morgan fingerprint density at radius 1 is 1.02 bits per heavy atom. The van der Waals surface area contributed by atoms with Crippen molar-refractivity contribution in [2.45, 2.75) is 39.0 Å². The van der Waals surface area contributed by atoms with Crippen LogP contribution in [0.3, 0.4) is 0 Å². The summed E-state index contributed by atoms with van der Waals surface area (Å²) >= 11 is 1.44. The molecule has 236 valence electrons. The number of esters is 1. The van der Waals surface area contributed by atoms with Crippen LogP contribution in [0.2, 0.25) is 0 Å². The van der Waals surface area contributed by atoms with E-state index in [1.54, 1.807) is 31.1 Å². The van der Waals surface area contributed by atoms with Gasteiger partial charge in [-0.3, -0.25) is 19.2 Å². The lowest BCUT2D eigenvalue weighted by Gasteiger charge is -2.32. The van der Waals surface area contributed by atoms with Crippen LogP contribution in [0.15, 0.2) is 54.6 Å². The van der Waals surface area contributed by atoms with E-state index in [9.17, 15) is 19.2 Å². The first-order chi connectivity index (χ1) is 21.3. The number of amides is 3. The zero-order valence-electron chi connectivity index (χ0n) is 25.4. The number of nitrogens with one attached hydrogen (secondary N) is 2. The van der Waals surface area contributed by atoms with Crippen molar-refractivity contribution in [3.63, 3.8) is 0 Å². The molecule has 3 amide bonds. The Morgan fingerprint density at radius 2 is 1.80 bits per heavy atom. The summed E-state index contributed by atoms with van der Waals surface area (Å²) in [6.45, 7) is 3.37. The predicted molar refractivity (Wildman–Crippen MR) is 169 cm³/mol. The minimum absolute atomic E-state index is 0.0802. The number of hydrogen-bond acceptors (Lipinski definition) is 8. The number of carbonyl (C=O) groups excluding carboxylic acids is 4. The van der Waals surface area contributed by atoms with E-state index in [4.69, 9.17) is 14.2 Å². The number of rotatable bonds is 6. The Labute approximate surface area is 262 Å². The van der Waals surface area contributed by atoms with Crippen LogP contribution in [-0.4, -0.2) is 81.7 Å². The molecule has 1 unspecified atom stereocenters. The topological polar surface area (TPSA) is 123 Å². The SMILES string of the molecule is CCOC(=O)C1(CCOC)CNC(=O)CCCN(C(=O)c2cc3ccccc3s2)CCCNC(=O)COc2ccc(cc2)C1. The molecule has 44 heavy (non-hydrogen) atoms. The molecule has 0 saturated carbocycles. The van der Waals surface area contributed by atoms with Gasteiger partial charge in [0.1, 0.15) is 5.75 Å². The zero-order valence-corrected chi connectivity index (χ0v) is 26.2. The highest BCUT2D eigenvalue weighted by molar-refractivity contribution is 7.20. The Balaban J connectivity index is 1.53. The number of nitrogens with zero attached hydrogens (tertiary/aromatic N) is 1. The second-order valence-electron chi connectivity index (χ2n) is 10.9. The quantitative estimate of drug-likeness (QED) is 0.399. The highest BCUT2D eigenvalue weighted by Gasteiger charge is 2.40. The van der Waals surface area contributed by atoms with Crippen molar-refractivity contribution < 1.29 is 33.4 Å². The van der Waals surface area contributed by atoms with Crippen molar-refractivity contribution in [1.82, 2.24) is 15.5 Å². The van der Waals surface area contributed by atoms with Crippen LogP contribution in [0.25, 0.3) is 10.1 Å². The number of hydrogen-bond donors (Lipinski definition) is 2. The van der Waals surface area contributed by atoms with Crippen LogP contribution in [0.5, 0.6) is 5.75 Å². The van der Waals surface area contributed by atoms with Crippen LogP contribution < -0.4 is 15.4 Å². The third kappa shape index (κ3) is 9.03. The summed E-state index contributed by atoms with van der Waals surface area (Å²) < 4.78 is 17.5. The summed E-state index contributed by atoms with van der Waals surface area (Å²) in [5.74, 6) is -0.464. The van der Waals surface area contributed by atoms with Gasteiger partial charge in [-0.15, -0.1) is 11.3 Å². The molecule has 0 spiro atoms. The molecule has 2 aliphatic heterocycles.